The summed E-state index contributed by atoms with van der Waals surface area (Å²) in [6, 6.07) is 6.27. The number of rotatable bonds is 1. The highest BCUT2D eigenvalue weighted by Gasteiger charge is 2.35. The van der Waals surface area contributed by atoms with E-state index in [1.54, 1.807) is 18.2 Å². The number of halogens is 3. The third kappa shape index (κ3) is 2.25. The average molecular weight is 308 g/mol. The first-order valence-electron chi connectivity index (χ1n) is 5.83. The Bertz CT molecular complexity index is 870. The van der Waals surface area contributed by atoms with Crippen molar-refractivity contribution in [2.75, 3.05) is 0 Å². The van der Waals surface area contributed by atoms with Crippen molar-refractivity contribution < 1.29 is 13.2 Å². The van der Waals surface area contributed by atoms with Gasteiger partial charge in [0.25, 0.3) is 0 Å². The second kappa shape index (κ2) is 4.56. The molecule has 0 aliphatic carbocycles. The van der Waals surface area contributed by atoms with Gasteiger partial charge in [-0.25, -0.2) is 9.50 Å². The first kappa shape index (κ1) is 13.6. The Labute approximate surface area is 121 Å². The van der Waals surface area contributed by atoms with Crippen LogP contribution < -0.4 is 0 Å². The van der Waals surface area contributed by atoms with E-state index in [1.807, 2.05) is 6.92 Å². The molecular weight excluding hydrogens is 301 g/mol. The van der Waals surface area contributed by atoms with Gasteiger partial charge in [-0.15, -0.1) is 11.3 Å². The number of aromatic nitrogens is 3. The lowest BCUT2D eigenvalue weighted by molar-refractivity contribution is -0.142. The molecule has 0 radical (unpaired) electrons. The van der Waals surface area contributed by atoms with Gasteiger partial charge in [0.1, 0.15) is 11.6 Å². The summed E-state index contributed by atoms with van der Waals surface area (Å²) in [6.45, 7) is 1.86. The summed E-state index contributed by atoms with van der Waals surface area (Å²) in [4.78, 5) is 5.74. The van der Waals surface area contributed by atoms with Crippen molar-refractivity contribution in [3.05, 3.63) is 40.5 Å². The molecule has 0 unspecified atom stereocenters. The molecule has 106 valence electrons. The molecule has 3 heterocycles. The molecule has 4 nitrogen and oxygen atoms in total. The van der Waals surface area contributed by atoms with Crippen LogP contribution in [0.5, 0.6) is 0 Å². The van der Waals surface area contributed by atoms with Crippen LogP contribution in [0.25, 0.3) is 16.2 Å². The highest BCUT2D eigenvalue weighted by Crippen LogP contribution is 2.34. The van der Waals surface area contributed by atoms with Crippen molar-refractivity contribution in [1.82, 2.24) is 14.6 Å². The molecule has 3 rings (SSSR count). The zero-order valence-electron chi connectivity index (χ0n) is 10.6. The summed E-state index contributed by atoms with van der Waals surface area (Å²) >= 11 is 1.34. The molecule has 3 aromatic rings. The predicted molar refractivity (Wildman–Crippen MR) is 70.8 cm³/mol. The summed E-state index contributed by atoms with van der Waals surface area (Å²) in [5.41, 5.74) is -0.844. The average Bonchev–Trinajstić information content (AvgIpc) is 3.02. The molecule has 0 atom stereocenters. The van der Waals surface area contributed by atoms with Crippen molar-refractivity contribution >= 4 is 17.0 Å². The van der Waals surface area contributed by atoms with Gasteiger partial charge >= 0.3 is 6.18 Å². The fourth-order valence-corrected chi connectivity index (χ4v) is 2.77. The van der Waals surface area contributed by atoms with Crippen molar-refractivity contribution in [2.24, 2.45) is 0 Å². The topological polar surface area (TPSA) is 54.0 Å². The fourth-order valence-electron chi connectivity index (χ4n) is 1.94. The third-order valence-electron chi connectivity index (χ3n) is 2.88. The number of thiophene rings is 1. The van der Waals surface area contributed by atoms with Crippen molar-refractivity contribution in [3.8, 4) is 16.6 Å². The molecule has 3 aromatic heterocycles. The molecule has 0 saturated heterocycles. The van der Waals surface area contributed by atoms with Crippen LogP contribution in [0.3, 0.4) is 0 Å². The molecule has 0 fully saturated rings. The number of alkyl halides is 3. The van der Waals surface area contributed by atoms with Gasteiger partial charge in [0.05, 0.1) is 16.8 Å². The van der Waals surface area contributed by atoms with Crippen LogP contribution in [-0.2, 0) is 6.18 Å². The predicted octanol–water partition coefficient (Wildman–Crippen LogP) is 3.66. The zero-order chi connectivity index (χ0) is 15.2. The summed E-state index contributed by atoms with van der Waals surface area (Å²) in [7, 11) is 0. The molecule has 0 spiro atoms. The normalized spacial score (nSPS) is 11.8. The van der Waals surface area contributed by atoms with E-state index in [9.17, 15) is 13.2 Å². The van der Waals surface area contributed by atoms with E-state index in [-0.39, 0.29) is 16.9 Å². The maximum atomic E-state index is 13.2. The fraction of sp³-hybridized carbons (Fsp3) is 0.154. The number of hydrogen-bond acceptors (Lipinski definition) is 4. The Morgan fingerprint density at radius 2 is 2.10 bits per heavy atom. The van der Waals surface area contributed by atoms with Crippen LogP contribution in [0.1, 0.15) is 16.1 Å². The Morgan fingerprint density at radius 1 is 1.33 bits per heavy atom. The Hall–Kier alpha value is -2.40. The first-order chi connectivity index (χ1) is 9.90. The van der Waals surface area contributed by atoms with E-state index in [4.69, 9.17) is 5.26 Å². The van der Waals surface area contributed by atoms with Crippen LogP contribution in [0, 0.1) is 18.3 Å². The molecule has 0 aromatic carbocycles. The maximum Gasteiger partial charge on any atom is 0.433 e. The molecule has 0 aliphatic heterocycles. The summed E-state index contributed by atoms with van der Waals surface area (Å²) in [5.74, 6) is 0. The van der Waals surface area contributed by atoms with Gasteiger partial charge in [-0.05, 0) is 25.1 Å². The number of aryl methyl sites for hydroxylation is 1. The lowest BCUT2D eigenvalue weighted by Gasteiger charge is -2.10. The molecule has 0 saturated carbocycles. The standard InChI is InChI=1S/C13H7F3N4S/c1-7-2-3-10(21-7)9-4-11(13(14,15)16)20-12(19-9)8(5-17)6-18-20/h2-4,6H,1H3. The van der Waals surface area contributed by atoms with E-state index < -0.39 is 11.9 Å². The van der Waals surface area contributed by atoms with Crippen LogP contribution >= 0.6 is 11.3 Å². The molecule has 21 heavy (non-hydrogen) atoms. The molecule has 0 amide bonds. The minimum Gasteiger partial charge on any atom is -0.226 e. The molecule has 0 N–H and O–H groups in total. The first-order valence-corrected chi connectivity index (χ1v) is 6.64. The lowest BCUT2D eigenvalue weighted by Crippen LogP contribution is -2.13. The zero-order valence-corrected chi connectivity index (χ0v) is 11.5. The van der Waals surface area contributed by atoms with E-state index >= 15 is 0 Å². The van der Waals surface area contributed by atoms with Gasteiger partial charge in [0, 0.05) is 4.88 Å². The number of nitriles is 1. The van der Waals surface area contributed by atoms with E-state index in [1.165, 1.54) is 11.3 Å². The minimum atomic E-state index is -4.58. The Kier molecular flexibility index (Phi) is 2.95. The van der Waals surface area contributed by atoms with Gasteiger partial charge in [0.15, 0.2) is 11.3 Å². The van der Waals surface area contributed by atoms with Crippen LogP contribution in [0.4, 0.5) is 13.2 Å². The third-order valence-corrected chi connectivity index (χ3v) is 3.90. The van der Waals surface area contributed by atoms with Crippen LogP contribution in [0.15, 0.2) is 24.4 Å². The van der Waals surface area contributed by atoms with Gasteiger partial charge < -0.3 is 0 Å². The minimum absolute atomic E-state index is 0.00984. The molecule has 8 heteroatoms. The van der Waals surface area contributed by atoms with Crippen molar-refractivity contribution in [2.45, 2.75) is 13.1 Å². The highest BCUT2D eigenvalue weighted by molar-refractivity contribution is 7.15. The largest absolute Gasteiger partial charge is 0.433 e. The lowest BCUT2D eigenvalue weighted by atomic mass is 10.2. The number of fused-ring (bicyclic) bond motifs is 1. The van der Waals surface area contributed by atoms with Crippen LogP contribution in [0.2, 0.25) is 0 Å². The summed E-state index contributed by atoms with van der Waals surface area (Å²) in [6.07, 6.45) is -3.50. The Balaban J connectivity index is 2.35. The van der Waals surface area contributed by atoms with Crippen molar-refractivity contribution in [3.63, 3.8) is 0 Å². The molecular formula is C13H7F3N4S. The van der Waals surface area contributed by atoms with Gasteiger partial charge in [-0.3, -0.25) is 0 Å². The second-order valence-corrected chi connectivity index (χ2v) is 5.63. The number of hydrogen-bond donors (Lipinski definition) is 0. The smallest absolute Gasteiger partial charge is 0.226 e. The SMILES string of the molecule is Cc1ccc(-c2cc(C(F)(F)F)n3ncc(C#N)c3n2)s1. The quantitative estimate of drug-likeness (QED) is 0.689. The van der Waals surface area contributed by atoms with Crippen LogP contribution in [-0.4, -0.2) is 14.6 Å². The van der Waals surface area contributed by atoms with E-state index in [0.29, 0.717) is 9.39 Å². The summed E-state index contributed by atoms with van der Waals surface area (Å²) in [5, 5.41) is 12.6. The van der Waals surface area contributed by atoms with Gasteiger partial charge in [-0.1, -0.05) is 0 Å². The maximum absolute atomic E-state index is 13.2. The summed E-state index contributed by atoms with van der Waals surface area (Å²) < 4.78 is 40.1. The highest BCUT2D eigenvalue weighted by atomic mass is 32.1. The van der Waals surface area contributed by atoms with Gasteiger partial charge in [-0.2, -0.15) is 23.5 Å². The molecule has 0 bridgehead atoms. The van der Waals surface area contributed by atoms with Crippen molar-refractivity contribution in [1.29, 1.82) is 5.26 Å². The van der Waals surface area contributed by atoms with E-state index in [0.717, 1.165) is 17.1 Å². The van der Waals surface area contributed by atoms with E-state index in [2.05, 4.69) is 10.1 Å². The monoisotopic (exact) mass is 308 g/mol. The Morgan fingerprint density at radius 3 is 2.67 bits per heavy atom. The second-order valence-electron chi connectivity index (χ2n) is 4.34. The molecule has 0 aliphatic rings. The van der Waals surface area contributed by atoms with Gasteiger partial charge in [0.2, 0.25) is 0 Å². The number of nitrogens with zero attached hydrogens (tertiary/aromatic N) is 4.